The van der Waals surface area contributed by atoms with Crippen LogP contribution in [0.1, 0.15) is 38.8 Å². The Kier molecular flexibility index (Phi) is 6.99. The van der Waals surface area contributed by atoms with Gasteiger partial charge in [-0.25, -0.2) is 4.79 Å². The van der Waals surface area contributed by atoms with Crippen molar-refractivity contribution in [3.05, 3.63) is 34.9 Å². The molecule has 4 nitrogen and oxygen atoms in total. The van der Waals surface area contributed by atoms with E-state index < -0.39 is 6.10 Å². The molecule has 0 heterocycles. The standard InChI is InChI=1S/C16H25ClN2O2/c1-11(2)15(13-7-5-6-8-14(13)17)18-16(21)19(4)10-9-12(3)20/h5-8,11-12,15,20H,9-10H2,1-4H3,(H,18,21). The van der Waals surface area contributed by atoms with Crippen molar-refractivity contribution in [2.75, 3.05) is 13.6 Å². The molecule has 118 valence electrons. The van der Waals surface area contributed by atoms with Crippen molar-refractivity contribution in [3.63, 3.8) is 0 Å². The number of nitrogens with zero attached hydrogens (tertiary/aromatic N) is 1. The highest BCUT2D eigenvalue weighted by atomic mass is 35.5. The lowest BCUT2D eigenvalue weighted by atomic mass is 9.96. The lowest BCUT2D eigenvalue weighted by Gasteiger charge is -2.27. The molecule has 2 N–H and O–H groups in total. The number of aliphatic hydroxyl groups excluding tert-OH is 1. The van der Waals surface area contributed by atoms with Gasteiger partial charge in [-0.2, -0.15) is 0 Å². The first-order valence-electron chi connectivity index (χ1n) is 7.27. The Hall–Kier alpha value is -1.26. The molecular weight excluding hydrogens is 288 g/mol. The van der Waals surface area contributed by atoms with Crippen LogP contribution in [0.2, 0.25) is 5.02 Å². The number of benzene rings is 1. The predicted molar refractivity (Wildman–Crippen MR) is 86.5 cm³/mol. The minimum atomic E-state index is -0.412. The number of hydrogen-bond acceptors (Lipinski definition) is 2. The summed E-state index contributed by atoms with van der Waals surface area (Å²) in [5, 5.41) is 13.0. The molecule has 0 saturated heterocycles. The Bertz CT molecular complexity index is 463. The molecule has 0 fully saturated rings. The molecule has 0 spiro atoms. The van der Waals surface area contributed by atoms with E-state index in [9.17, 15) is 9.90 Å². The first-order chi connectivity index (χ1) is 9.82. The van der Waals surface area contributed by atoms with E-state index in [1.165, 1.54) is 0 Å². The number of urea groups is 1. The van der Waals surface area contributed by atoms with Gasteiger partial charge in [0.15, 0.2) is 0 Å². The molecule has 0 radical (unpaired) electrons. The van der Waals surface area contributed by atoms with Gasteiger partial charge in [0, 0.05) is 18.6 Å². The SMILES string of the molecule is CC(O)CCN(C)C(=O)NC(c1ccccc1Cl)C(C)C. The Balaban J connectivity index is 2.75. The summed E-state index contributed by atoms with van der Waals surface area (Å²) in [5.74, 6) is 0.221. The molecule has 2 amide bonds. The maximum absolute atomic E-state index is 12.2. The van der Waals surface area contributed by atoms with Crippen LogP contribution >= 0.6 is 11.6 Å². The zero-order valence-electron chi connectivity index (χ0n) is 13.1. The smallest absolute Gasteiger partial charge is 0.317 e. The van der Waals surface area contributed by atoms with Gasteiger partial charge in [0.1, 0.15) is 0 Å². The van der Waals surface area contributed by atoms with Crippen LogP contribution in [0, 0.1) is 5.92 Å². The van der Waals surface area contributed by atoms with Crippen molar-refractivity contribution < 1.29 is 9.90 Å². The molecular formula is C16H25ClN2O2. The Morgan fingerprint density at radius 2 is 1.95 bits per heavy atom. The monoisotopic (exact) mass is 312 g/mol. The summed E-state index contributed by atoms with van der Waals surface area (Å²) in [7, 11) is 1.72. The van der Waals surface area contributed by atoms with Crippen molar-refractivity contribution >= 4 is 17.6 Å². The molecule has 1 rings (SSSR count). The molecule has 2 atom stereocenters. The zero-order valence-corrected chi connectivity index (χ0v) is 13.9. The van der Waals surface area contributed by atoms with E-state index in [0.717, 1.165) is 5.56 Å². The average Bonchev–Trinajstić information content (AvgIpc) is 2.42. The molecule has 0 aliphatic rings. The average molecular weight is 313 g/mol. The van der Waals surface area contributed by atoms with E-state index in [2.05, 4.69) is 5.32 Å². The number of rotatable bonds is 6. The summed E-state index contributed by atoms with van der Waals surface area (Å²) in [6.45, 7) is 6.32. The molecule has 1 aromatic carbocycles. The third kappa shape index (κ3) is 5.56. The molecule has 1 aromatic rings. The number of hydrogen-bond donors (Lipinski definition) is 2. The number of carbonyl (C=O) groups excluding carboxylic acids is 1. The van der Waals surface area contributed by atoms with Crippen LogP contribution in [0.3, 0.4) is 0 Å². The first-order valence-corrected chi connectivity index (χ1v) is 7.64. The maximum atomic E-state index is 12.2. The largest absolute Gasteiger partial charge is 0.393 e. The number of carbonyl (C=O) groups is 1. The van der Waals surface area contributed by atoms with Crippen LogP contribution in [0.4, 0.5) is 4.79 Å². The normalized spacial score (nSPS) is 13.9. The van der Waals surface area contributed by atoms with Crippen LogP contribution in [0.25, 0.3) is 0 Å². The van der Waals surface area contributed by atoms with Crippen molar-refractivity contribution in [3.8, 4) is 0 Å². The van der Waals surface area contributed by atoms with Crippen LogP contribution in [0.15, 0.2) is 24.3 Å². The fraction of sp³-hybridized carbons (Fsp3) is 0.562. The summed E-state index contributed by atoms with van der Waals surface area (Å²) < 4.78 is 0. The molecule has 0 aliphatic carbocycles. The Labute approximate surface area is 132 Å². The highest BCUT2D eigenvalue weighted by Gasteiger charge is 2.22. The van der Waals surface area contributed by atoms with E-state index >= 15 is 0 Å². The van der Waals surface area contributed by atoms with Crippen molar-refractivity contribution in [2.45, 2.75) is 39.3 Å². The summed E-state index contributed by atoms with van der Waals surface area (Å²) in [4.78, 5) is 13.8. The van der Waals surface area contributed by atoms with Gasteiger partial charge in [-0.3, -0.25) is 0 Å². The fourth-order valence-electron chi connectivity index (χ4n) is 2.06. The van der Waals surface area contributed by atoms with Crippen LogP contribution in [0.5, 0.6) is 0 Å². The summed E-state index contributed by atoms with van der Waals surface area (Å²) in [6.07, 6.45) is 0.146. The van der Waals surface area contributed by atoms with Gasteiger partial charge in [-0.1, -0.05) is 43.6 Å². The van der Waals surface area contributed by atoms with Gasteiger partial charge in [-0.15, -0.1) is 0 Å². The fourth-order valence-corrected chi connectivity index (χ4v) is 2.31. The van der Waals surface area contributed by atoms with Crippen LogP contribution < -0.4 is 5.32 Å². The van der Waals surface area contributed by atoms with Gasteiger partial charge < -0.3 is 15.3 Å². The molecule has 5 heteroatoms. The molecule has 0 bridgehead atoms. The lowest BCUT2D eigenvalue weighted by molar-refractivity contribution is 0.161. The second-order valence-corrected chi connectivity index (χ2v) is 6.16. The highest BCUT2D eigenvalue weighted by molar-refractivity contribution is 6.31. The minimum absolute atomic E-state index is 0.139. The maximum Gasteiger partial charge on any atom is 0.317 e. The van der Waals surface area contributed by atoms with E-state index in [4.69, 9.17) is 11.6 Å². The first kappa shape index (κ1) is 17.8. The third-order valence-corrected chi connectivity index (χ3v) is 3.76. The van der Waals surface area contributed by atoms with Gasteiger partial charge in [0.25, 0.3) is 0 Å². The molecule has 0 aliphatic heterocycles. The van der Waals surface area contributed by atoms with Crippen molar-refractivity contribution in [2.24, 2.45) is 5.92 Å². The van der Waals surface area contributed by atoms with E-state index in [-0.39, 0.29) is 18.0 Å². The predicted octanol–water partition coefficient (Wildman–Crippen LogP) is 3.45. The van der Waals surface area contributed by atoms with Gasteiger partial charge in [0.05, 0.1) is 12.1 Å². The second kappa shape index (κ2) is 8.25. The topological polar surface area (TPSA) is 52.6 Å². The van der Waals surface area contributed by atoms with Crippen LogP contribution in [-0.2, 0) is 0 Å². The lowest BCUT2D eigenvalue weighted by Crippen LogP contribution is -2.41. The van der Waals surface area contributed by atoms with Crippen molar-refractivity contribution in [1.29, 1.82) is 0 Å². The molecule has 21 heavy (non-hydrogen) atoms. The minimum Gasteiger partial charge on any atom is -0.393 e. The van der Waals surface area contributed by atoms with Crippen LogP contribution in [-0.4, -0.2) is 35.7 Å². The molecule has 0 aromatic heterocycles. The van der Waals surface area contributed by atoms with E-state index in [1.807, 2.05) is 38.1 Å². The number of aliphatic hydroxyl groups is 1. The van der Waals surface area contributed by atoms with Crippen molar-refractivity contribution in [1.82, 2.24) is 10.2 Å². The molecule has 2 unspecified atom stereocenters. The quantitative estimate of drug-likeness (QED) is 0.845. The Morgan fingerprint density at radius 3 is 2.48 bits per heavy atom. The Morgan fingerprint density at radius 1 is 1.33 bits per heavy atom. The highest BCUT2D eigenvalue weighted by Crippen LogP contribution is 2.28. The summed E-state index contributed by atoms with van der Waals surface area (Å²) in [6, 6.07) is 7.26. The van der Waals surface area contributed by atoms with E-state index in [0.29, 0.717) is 18.0 Å². The number of halogens is 1. The number of nitrogens with one attached hydrogen (secondary N) is 1. The van der Waals surface area contributed by atoms with E-state index in [1.54, 1.807) is 18.9 Å². The summed E-state index contributed by atoms with van der Waals surface area (Å²) in [5.41, 5.74) is 0.923. The third-order valence-electron chi connectivity index (χ3n) is 3.41. The second-order valence-electron chi connectivity index (χ2n) is 5.75. The van der Waals surface area contributed by atoms with Gasteiger partial charge >= 0.3 is 6.03 Å². The summed E-state index contributed by atoms with van der Waals surface area (Å²) >= 11 is 6.23. The number of amides is 2. The molecule has 0 saturated carbocycles. The van der Waals surface area contributed by atoms with Gasteiger partial charge in [-0.05, 0) is 30.9 Å². The zero-order chi connectivity index (χ0) is 16.0. The van der Waals surface area contributed by atoms with Gasteiger partial charge in [0.2, 0.25) is 0 Å².